The van der Waals surface area contributed by atoms with E-state index in [2.05, 4.69) is 30.5 Å². The van der Waals surface area contributed by atoms with Crippen molar-refractivity contribution in [3.05, 3.63) is 51.2 Å². The molecule has 2 amide bonds. The van der Waals surface area contributed by atoms with Crippen LogP contribution in [0.15, 0.2) is 30.3 Å². The molecule has 3 rings (SSSR count). The van der Waals surface area contributed by atoms with Gasteiger partial charge in [0, 0.05) is 40.6 Å². The number of benzene rings is 1. The first-order valence-corrected chi connectivity index (χ1v) is 10.7. The van der Waals surface area contributed by atoms with E-state index in [4.69, 9.17) is 4.74 Å². The van der Waals surface area contributed by atoms with Crippen molar-refractivity contribution in [3.8, 4) is 0 Å². The van der Waals surface area contributed by atoms with Gasteiger partial charge in [0.15, 0.2) is 0 Å². The van der Waals surface area contributed by atoms with Crippen LogP contribution in [0.3, 0.4) is 0 Å². The Kier molecular flexibility index (Phi) is 7.23. The number of carbonyl (C=O) groups is 2. The molecule has 1 aromatic carbocycles. The molecule has 0 spiro atoms. The average molecular weight is 401 g/mol. The fraction of sp³-hybridized carbons (Fsp3) is 0.455. The van der Waals surface area contributed by atoms with E-state index in [1.165, 1.54) is 15.3 Å². The molecule has 1 atom stereocenters. The first-order chi connectivity index (χ1) is 13.5. The third kappa shape index (κ3) is 5.91. The fourth-order valence-corrected chi connectivity index (χ4v) is 4.39. The predicted molar refractivity (Wildman–Crippen MR) is 113 cm³/mol. The number of thiophene rings is 1. The Balaban J connectivity index is 1.40. The van der Waals surface area contributed by atoms with Crippen molar-refractivity contribution in [1.82, 2.24) is 5.32 Å². The summed E-state index contributed by atoms with van der Waals surface area (Å²) in [6.07, 6.45) is 4.42. The Morgan fingerprint density at radius 2 is 2.00 bits per heavy atom. The summed E-state index contributed by atoms with van der Waals surface area (Å²) in [5.74, 6) is -0.116. The number of hydrogen-bond donors (Lipinski definition) is 2. The van der Waals surface area contributed by atoms with Crippen molar-refractivity contribution in [1.29, 1.82) is 0 Å². The normalized spacial score (nSPS) is 16.1. The Hall–Kier alpha value is -2.18. The van der Waals surface area contributed by atoms with E-state index >= 15 is 0 Å². The maximum atomic E-state index is 12.2. The molecule has 1 aliphatic heterocycles. The molecule has 28 heavy (non-hydrogen) atoms. The number of hydrogen-bond acceptors (Lipinski definition) is 4. The summed E-state index contributed by atoms with van der Waals surface area (Å²) in [5.41, 5.74) is 2.64. The minimum absolute atomic E-state index is 0.000174. The minimum atomic E-state index is -0.116. The molecular weight excluding hydrogens is 372 g/mol. The predicted octanol–water partition coefficient (Wildman–Crippen LogP) is 4.24. The highest BCUT2D eigenvalue weighted by molar-refractivity contribution is 7.12. The molecule has 2 N–H and O–H groups in total. The van der Waals surface area contributed by atoms with Crippen LogP contribution in [0.25, 0.3) is 0 Å². The van der Waals surface area contributed by atoms with Crippen LogP contribution < -0.4 is 10.6 Å². The minimum Gasteiger partial charge on any atom is -0.376 e. The Bertz CT molecular complexity index is 808. The van der Waals surface area contributed by atoms with Crippen molar-refractivity contribution in [2.24, 2.45) is 0 Å². The van der Waals surface area contributed by atoms with Gasteiger partial charge in [0.25, 0.3) is 5.91 Å². The van der Waals surface area contributed by atoms with Crippen LogP contribution in [-0.4, -0.2) is 31.1 Å². The maximum Gasteiger partial charge on any atom is 0.251 e. The molecule has 2 heterocycles. The Morgan fingerprint density at radius 3 is 2.64 bits per heavy atom. The second kappa shape index (κ2) is 9.85. The molecule has 1 saturated heterocycles. The number of nitrogens with one attached hydrogen (secondary N) is 2. The van der Waals surface area contributed by atoms with Crippen LogP contribution in [0.5, 0.6) is 0 Å². The largest absolute Gasteiger partial charge is 0.376 e. The number of ether oxygens (including phenoxy) is 1. The molecule has 1 aliphatic rings. The quantitative estimate of drug-likeness (QED) is 0.697. The first kappa shape index (κ1) is 20.6. The van der Waals surface area contributed by atoms with Gasteiger partial charge in [-0.2, -0.15) is 0 Å². The maximum absolute atomic E-state index is 12.2. The molecule has 1 unspecified atom stereocenters. The van der Waals surface area contributed by atoms with Gasteiger partial charge < -0.3 is 15.4 Å². The lowest BCUT2D eigenvalue weighted by atomic mass is 10.1. The summed E-state index contributed by atoms with van der Waals surface area (Å²) in [5, 5.41) is 5.80. The van der Waals surface area contributed by atoms with Crippen LogP contribution >= 0.6 is 11.3 Å². The Labute approximate surface area is 170 Å². The van der Waals surface area contributed by atoms with Gasteiger partial charge in [-0.1, -0.05) is 0 Å². The molecule has 0 saturated carbocycles. The molecule has 2 aromatic rings. The van der Waals surface area contributed by atoms with Crippen LogP contribution in [0, 0.1) is 13.8 Å². The highest BCUT2D eigenvalue weighted by Gasteiger charge is 2.16. The highest BCUT2D eigenvalue weighted by atomic mass is 32.1. The van der Waals surface area contributed by atoms with Crippen molar-refractivity contribution in [2.75, 3.05) is 18.5 Å². The fourth-order valence-electron chi connectivity index (χ4n) is 3.41. The van der Waals surface area contributed by atoms with E-state index in [0.29, 0.717) is 24.2 Å². The van der Waals surface area contributed by atoms with E-state index in [1.807, 2.05) is 0 Å². The van der Waals surface area contributed by atoms with E-state index in [-0.39, 0.29) is 17.9 Å². The standard InChI is InChI=1S/C22H28N2O3S/c1-15-13-18(16(2)28-15)5-3-7-21(25)24-19-10-8-17(9-11-19)22(26)23-14-20-6-4-12-27-20/h8-11,13,20H,3-7,12,14H2,1-2H3,(H,23,26)(H,24,25). The van der Waals surface area contributed by atoms with Crippen molar-refractivity contribution < 1.29 is 14.3 Å². The van der Waals surface area contributed by atoms with Gasteiger partial charge in [0.2, 0.25) is 5.91 Å². The molecule has 0 aliphatic carbocycles. The van der Waals surface area contributed by atoms with Gasteiger partial charge in [0.1, 0.15) is 0 Å². The second-order valence-electron chi connectivity index (χ2n) is 7.26. The lowest BCUT2D eigenvalue weighted by Gasteiger charge is -2.11. The van der Waals surface area contributed by atoms with E-state index in [1.54, 1.807) is 35.6 Å². The van der Waals surface area contributed by atoms with Crippen LogP contribution in [-0.2, 0) is 16.0 Å². The van der Waals surface area contributed by atoms with Crippen LogP contribution in [0.1, 0.15) is 51.4 Å². The first-order valence-electron chi connectivity index (χ1n) is 9.87. The third-order valence-corrected chi connectivity index (χ3v) is 5.95. The topological polar surface area (TPSA) is 67.4 Å². The zero-order valence-electron chi connectivity index (χ0n) is 16.5. The second-order valence-corrected chi connectivity index (χ2v) is 8.72. The van der Waals surface area contributed by atoms with E-state index in [9.17, 15) is 9.59 Å². The number of amides is 2. The van der Waals surface area contributed by atoms with Crippen molar-refractivity contribution >= 4 is 28.8 Å². The number of anilines is 1. The van der Waals surface area contributed by atoms with Gasteiger partial charge in [-0.05, 0) is 75.4 Å². The third-order valence-electron chi connectivity index (χ3n) is 4.94. The number of aryl methyl sites for hydroxylation is 3. The molecule has 1 fully saturated rings. The molecule has 1 aromatic heterocycles. The lowest BCUT2D eigenvalue weighted by Crippen LogP contribution is -2.31. The summed E-state index contributed by atoms with van der Waals surface area (Å²) >= 11 is 1.80. The summed E-state index contributed by atoms with van der Waals surface area (Å²) in [7, 11) is 0. The summed E-state index contributed by atoms with van der Waals surface area (Å²) in [6.45, 7) is 5.56. The van der Waals surface area contributed by atoms with Gasteiger partial charge in [-0.3, -0.25) is 9.59 Å². The molecule has 0 bridgehead atoms. The van der Waals surface area contributed by atoms with Gasteiger partial charge >= 0.3 is 0 Å². The van der Waals surface area contributed by atoms with Gasteiger partial charge in [0.05, 0.1) is 6.10 Å². The lowest BCUT2D eigenvalue weighted by molar-refractivity contribution is -0.116. The molecule has 150 valence electrons. The number of carbonyl (C=O) groups excluding carboxylic acids is 2. The van der Waals surface area contributed by atoms with Crippen molar-refractivity contribution in [2.45, 2.75) is 52.1 Å². The average Bonchev–Trinajstić information content (AvgIpc) is 3.30. The molecular formula is C22H28N2O3S. The van der Waals surface area contributed by atoms with Crippen LogP contribution in [0.4, 0.5) is 5.69 Å². The summed E-state index contributed by atoms with van der Waals surface area (Å²) in [6, 6.07) is 9.22. The highest BCUT2D eigenvalue weighted by Crippen LogP contribution is 2.22. The van der Waals surface area contributed by atoms with Crippen LogP contribution in [0.2, 0.25) is 0 Å². The monoisotopic (exact) mass is 400 g/mol. The molecule has 0 radical (unpaired) electrons. The summed E-state index contributed by atoms with van der Waals surface area (Å²) in [4.78, 5) is 27.0. The van der Waals surface area contributed by atoms with Crippen molar-refractivity contribution in [3.63, 3.8) is 0 Å². The zero-order chi connectivity index (χ0) is 19.9. The Morgan fingerprint density at radius 1 is 1.21 bits per heavy atom. The van der Waals surface area contributed by atoms with E-state index in [0.717, 1.165) is 32.3 Å². The smallest absolute Gasteiger partial charge is 0.251 e. The van der Waals surface area contributed by atoms with Gasteiger partial charge in [-0.15, -0.1) is 11.3 Å². The molecule has 6 heteroatoms. The summed E-state index contributed by atoms with van der Waals surface area (Å²) < 4.78 is 5.51. The molecule has 5 nitrogen and oxygen atoms in total. The SMILES string of the molecule is Cc1cc(CCCC(=O)Nc2ccc(C(=O)NCC3CCCO3)cc2)c(C)s1. The zero-order valence-corrected chi connectivity index (χ0v) is 17.4. The number of rotatable bonds is 8. The van der Waals surface area contributed by atoms with Gasteiger partial charge in [-0.25, -0.2) is 0 Å². The van der Waals surface area contributed by atoms with E-state index < -0.39 is 0 Å².